The Kier molecular flexibility index (Phi) is 5.42. The summed E-state index contributed by atoms with van der Waals surface area (Å²) in [4.78, 5) is 0. The minimum Gasteiger partial charge on any atom is -0.497 e. The third-order valence-corrected chi connectivity index (χ3v) is 3.52. The molecule has 0 atom stereocenters. The summed E-state index contributed by atoms with van der Waals surface area (Å²) in [6.45, 7) is 2.61. The number of hydrogen-bond acceptors (Lipinski definition) is 2. The molecule has 0 aliphatic rings. The van der Waals surface area contributed by atoms with Crippen LogP contribution in [0.15, 0.2) is 42.5 Å². The van der Waals surface area contributed by atoms with Crippen LogP contribution in [0, 0.1) is 6.92 Å². The molecule has 5 heteroatoms. The van der Waals surface area contributed by atoms with E-state index >= 15 is 0 Å². The Morgan fingerprint density at radius 2 is 2.05 bits per heavy atom. The Morgan fingerprint density at radius 3 is 2.76 bits per heavy atom. The monoisotopic (exact) mass is 320 g/mol. The van der Waals surface area contributed by atoms with Gasteiger partial charge in [0, 0.05) is 6.54 Å². The van der Waals surface area contributed by atoms with Crippen LogP contribution in [0.25, 0.3) is 0 Å². The summed E-state index contributed by atoms with van der Waals surface area (Å²) in [5.74, 6) is 0.828. The summed E-state index contributed by atoms with van der Waals surface area (Å²) < 4.78 is 5.19. The van der Waals surface area contributed by atoms with Crippen LogP contribution in [-0.4, -0.2) is 12.2 Å². The average molecular weight is 321 g/mol. The molecule has 0 spiro atoms. The van der Waals surface area contributed by atoms with Crippen molar-refractivity contribution in [2.75, 3.05) is 12.4 Å². The van der Waals surface area contributed by atoms with Crippen molar-refractivity contribution in [3.8, 4) is 5.75 Å². The summed E-state index contributed by atoms with van der Waals surface area (Å²) in [6.07, 6.45) is 0. The zero-order valence-corrected chi connectivity index (χ0v) is 13.5. The fourth-order valence-electron chi connectivity index (χ4n) is 1.85. The maximum atomic E-state index is 6.16. The molecule has 0 aliphatic heterocycles. The van der Waals surface area contributed by atoms with Crippen LogP contribution in [0.3, 0.4) is 0 Å². The summed E-state index contributed by atoms with van der Waals surface area (Å²) in [7, 11) is 1.65. The molecular weight excluding hydrogens is 304 g/mol. The van der Waals surface area contributed by atoms with Crippen LogP contribution in [0.2, 0.25) is 5.02 Å². The summed E-state index contributed by atoms with van der Waals surface area (Å²) >= 11 is 11.4. The number of nitrogens with one attached hydrogen (secondary N) is 2. The van der Waals surface area contributed by atoms with Crippen molar-refractivity contribution in [2.45, 2.75) is 13.5 Å². The fraction of sp³-hybridized carbons (Fsp3) is 0.188. The molecule has 0 saturated carbocycles. The van der Waals surface area contributed by atoms with Crippen molar-refractivity contribution < 1.29 is 4.74 Å². The van der Waals surface area contributed by atoms with Gasteiger partial charge in [-0.1, -0.05) is 29.8 Å². The van der Waals surface area contributed by atoms with E-state index in [-0.39, 0.29) is 0 Å². The van der Waals surface area contributed by atoms with Crippen molar-refractivity contribution in [1.29, 1.82) is 0 Å². The van der Waals surface area contributed by atoms with E-state index in [0.29, 0.717) is 16.7 Å². The summed E-state index contributed by atoms with van der Waals surface area (Å²) in [6, 6.07) is 13.6. The highest BCUT2D eigenvalue weighted by Crippen LogP contribution is 2.22. The van der Waals surface area contributed by atoms with Crippen molar-refractivity contribution in [3.05, 3.63) is 58.6 Å². The lowest BCUT2D eigenvalue weighted by Gasteiger charge is -2.12. The van der Waals surface area contributed by atoms with E-state index in [1.54, 1.807) is 7.11 Å². The second-order valence-electron chi connectivity index (χ2n) is 4.64. The lowest BCUT2D eigenvalue weighted by Crippen LogP contribution is -2.28. The van der Waals surface area contributed by atoms with Gasteiger partial charge in [0.25, 0.3) is 0 Å². The number of thiocarbonyl (C=S) groups is 1. The van der Waals surface area contributed by atoms with Gasteiger partial charge in [-0.15, -0.1) is 0 Å². The van der Waals surface area contributed by atoms with Gasteiger partial charge in [0.05, 0.1) is 17.8 Å². The Labute approximate surface area is 135 Å². The first-order chi connectivity index (χ1) is 10.1. The number of ether oxygens (including phenoxy) is 1. The SMILES string of the molecule is COc1cccc(CNC(=S)Nc2ccc(C)cc2Cl)c1. The number of rotatable bonds is 4. The Morgan fingerprint density at radius 1 is 1.24 bits per heavy atom. The molecule has 0 amide bonds. The van der Waals surface area contributed by atoms with E-state index in [9.17, 15) is 0 Å². The third kappa shape index (κ3) is 4.62. The van der Waals surface area contributed by atoms with Crippen LogP contribution in [-0.2, 0) is 6.54 Å². The molecule has 110 valence electrons. The second kappa shape index (κ2) is 7.29. The summed E-state index contributed by atoms with van der Waals surface area (Å²) in [5.41, 5.74) is 3.00. The molecule has 2 aromatic rings. The molecule has 0 heterocycles. The molecule has 2 N–H and O–H groups in total. The Bertz CT molecular complexity index is 646. The first-order valence-corrected chi connectivity index (χ1v) is 7.31. The van der Waals surface area contributed by atoms with Gasteiger partial charge in [0.1, 0.15) is 5.75 Å². The minimum absolute atomic E-state index is 0.531. The van der Waals surface area contributed by atoms with Crippen LogP contribution >= 0.6 is 23.8 Å². The number of aryl methyl sites for hydroxylation is 1. The quantitative estimate of drug-likeness (QED) is 0.829. The van der Waals surface area contributed by atoms with E-state index in [1.807, 2.05) is 49.4 Å². The third-order valence-electron chi connectivity index (χ3n) is 2.96. The van der Waals surface area contributed by atoms with Crippen molar-refractivity contribution in [1.82, 2.24) is 5.32 Å². The highest BCUT2D eigenvalue weighted by molar-refractivity contribution is 7.80. The van der Waals surface area contributed by atoms with E-state index in [4.69, 9.17) is 28.6 Å². The van der Waals surface area contributed by atoms with Crippen LogP contribution in [0.1, 0.15) is 11.1 Å². The average Bonchev–Trinajstić information content (AvgIpc) is 2.48. The van der Waals surface area contributed by atoms with E-state index in [2.05, 4.69) is 10.6 Å². The molecule has 0 saturated heterocycles. The molecular formula is C16H17ClN2OS. The molecule has 0 aromatic heterocycles. The maximum Gasteiger partial charge on any atom is 0.171 e. The molecule has 21 heavy (non-hydrogen) atoms. The molecule has 0 fully saturated rings. The number of anilines is 1. The number of halogens is 1. The molecule has 2 rings (SSSR count). The van der Waals surface area contributed by atoms with Gasteiger partial charge in [0.2, 0.25) is 0 Å². The van der Waals surface area contributed by atoms with Gasteiger partial charge in [0.15, 0.2) is 5.11 Å². The van der Waals surface area contributed by atoms with Crippen LogP contribution in [0.5, 0.6) is 5.75 Å². The van der Waals surface area contributed by atoms with E-state index in [1.165, 1.54) is 0 Å². The first kappa shape index (κ1) is 15.6. The van der Waals surface area contributed by atoms with Gasteiger partial charge in [-0.25, -0.2) is 0 Å². The normalized spacial score (nSPS) is 10.0. The molecule has 2 aromatic carbocycles. The van der Waals surface area contributed by atoms with Crippen molar-refractivity contribution in [2.24, 2.45) is 0 Å². The lowest BCUT2D eigenvalue weighted by molar-refractivity contribution is 0.414. The minimum atomic E-state index is 0.531. The standard InChI is InChI=1S/C16H17ClN2OS/c1-11-6-7-15(14(17)8-11)19-16(21)18-10-12-4-3-5-13(9-12)20-2/h3-9H,10H2,1-2H3,(H2,18,19,21). The van der Waals surface area contributed by atoms with Crippen molar-refractivity contribution >= 4 is 34.6 Å². The largest absolute Gasteiger partial charge is 0.497 e. The fourth-order valence-corrected chi connectivity index (χ4v) is 2.32. The van der Waals surface area contributed by atoms with E-state index < -0.39 is 0 Å². The van der Waals surface area contributed by atoms with Crippen molar-refractivity contribution in [3.63, 3.8) is 0 Å². The molecule has 0 unspecified atom stereocenters. The van der Waals surface area contributed by atoms with Gasteiger partial charge in [-0.3, -0.25) is 0 Å². The van der Waals surface area contributed by atoms with Crippen LogP contribution in [0.4, 0.5) is 5.69 Å². The summed E-state index contributed by atoms with van der Waals surface area (Å²) in [5, 5.41) is 7.42. The van der Waals surface area contributed by atoms with Gasteiger partial charge < -0.3 is 15.4 Å². The zero-order valence-electron chi connectivity index (χ0n) is 11.9. The van der Waals surface area contributed by atoms with E-state index in [0.717, 1.165) is 22.6 Å². The molecule has 0 aliphatic carbocycles. The topological polar surface area (TPSA) is 33.3 Å². The predicted octanol–water partition coefficient (Wildman–Crippen LogP) is 4.14. The molecule has 3 nitrogen and oxygen atoms in total. The number of hydrogen-bond donors (Lipinski definition) is 2. The highest BCUT2D eigenvalue weighted by atomic mass is 35.5. The maximum absolute atomic E-state index is 6.16. The smallest absolute Gasteiger partial charge is 0.171 e. The lowest BCUT2D eigenvalue weighted by atomic mass is 10.2. The van der Waals surface area contributed by atoms with Gasteiger partial charge in [-0.05, 0) is 54.5 Å². The Hall–Kier alpha value is -1.78. The number of benzene rings is 2. The number of methoxy groups -OCH3 is 1. The zero-order chi connectivity index (χ0) is 15.2. The molecule has 0 bridgehead atoms. The van der Waals surface area contributed by atoms with Gasteiger partial charge >= 0.3 is 0 Å². The second-order valence-corrected chi connectivity index (χ2v) is 5.46. The predicted molar refractivity (Wildman–Crippen MR) is 92.2 cm³/mol. The Balaban J connectivity index is 1.92. The van der Waals surface area contributed by atoms with Gasteiger partial charge in [-0.2, -0.15) is 0 Å². The molecule has 0 radical (unpaired) electrons. The van der Waals surface area contributed by atoms with Crippen LogP contribution < -0.4 is 15.4 Å². The highest BCUT2D eigenvalue weighted by Gasteiger charge is 2.03. The first-order valence-electron chi connectivity index (χ1n) is 6.52.